The van der Waals surface area contributed by atoms with Crippen molar-refractivity contribution >= 4 is 17.6 Å². The highest BCUT2D eigenvalue weighted by Gasteiger charge is 2.20. The lowest BCUT2D eigenvalue weighted by atomic mass is 10.2. The summed E-state index contributed by atoms with van der Waals surface area (Å²) in [4.78, 5) is 31.9. The maximum Gasteiger partial charge on any atom is 0.335 e. The molecule has 0 radical (unpaired) electrons. The molecule has 0 aromatic heterocycles. The summed E-state index contributed by atoms with van der Waals surface area (Å²) in [6.07, 6.45) is 0.692. The number of hydrogen-bond acceptors (Lipinski definition) is 5. The van der Waals surface area contributed by atoms with Crippen LogP contribution in [0.5, 0.6) is 5.75 Å². The molecule has 1 N–H and O–H groups in total. The molecule has 1 aromatic carbocycles. The van der Waals surface area contributed by atoms with Crippen LogP contribution in [-0.4, -0.2) is 22.0 Å². The molecule has 0 unspecified atom stereocenters. The van der Waals surface area contributed by atoms with Crippen molar-refractivity contribution < 1.29 is 24.4 Å². The Kier molecular flexibility index (Phi) is 4.36. The first kappa shape index (κ1) is 13.6. The van der Waals surface area contributed by atoms with Crippen molar-refractivity contribution in [2.24, 2.45) is 0 Å². The van der Waals surface area contributed by atoms with Gasteiger partial charge in [0.15, 0.2) is 0 Å². The van der Waals surface area contributed by atoms with Gasteiger partial charge in [-0.15, -0.1) is 0 Å². The van der Waals surface area contributed by atoms with E-state index in [0.717, 1.165) is 18.2 Å². The third-order valence-corrected chi connectivity index (χ3v) is 2.08. The van der Waals surface area contributed by atoms with Gasteiger partial charge in [-0.1, -0.05) is 6.92 Å². The monoisotopic (exact) mass is 253 g/mol. The first-order chi connectivity index (χ1) is 8.45. The number of ether oxygens (including phenoxy) is 1. The van der Waals surface area contributed by atoms with Crippen molar-refractivity contribution in [1.29, 1.82) is 0 Å². The van der Waals surface area contributed by atoms with E-state index in [1.807, 2.05) is 0 Å². The van der Waals surface area contributed by atoms with E-state index in [4.69, 9.17) is 9.84 Å². The van der Waals surface area contributed by atoms with E-state index >= 15 is 0 Å². The summed E-state index contributed by atoms with van der Waals surface area (Å²) in [6.45, 7) is 1.77. The molecule has 7 nitrogen and oxygen atoms in total. The second-order valence-electron chi connectivity index (χ2n) is 3.47. The van der Waals surface area contributed by atoms with Gasteiger partial charge in [0.2, 0.25) is 5.75 Å². The van der Waals surface area contributed by atoms with Gasteiger partial charge in [0, 0.05) is 12.5 Å². The number of nitrogens with zero attached hydrogens (tertiary/aromatic N) is 1. The largest absolute Gasteiger partial charge is 0.478 e. The van der Waals surface area contributed by atoms with Gasteiger partial charge in [0.25, 0.3) is 0 Å². The lowest BCUT2D eigenvalue weighted by Crippen LogP contribution is -2.09. The average molecular weight is 253 g/mol. The number of esters is 1. The number of carboxylic acid groups (broad SMARTS) is 1. The van der Waals surface area contributed by atoms with Crippen LogP contribution in [0.2, 0.25) is 0 Å². The Labute approximate surface area is 102 Å². The first-order valence-electron chi connectivity index (χ1n) is 5.18. The molecule has 0 saturated heterocycles. The molecule has 0 atom stereocenters. The molecule has 0 spiro atoms. The molecule has 18 heavy (non-hydrogen) atoms. The first-order valence-corrected chi connectivity index (χ1v) is 5.18. The third kappa shape index (κ3) is 3.27. The van der Waals surface area contributed by atoms with Crippen molar-refractivity contribution in [3.63, 3.8) is 0 Å². The quantitative estimate of drug-likeness (QED) is 0.372. The Balaban J connectivity index is 3.08. The van der Waals surface area contributed by atoms with Gasteiger partial charge >= 0.3 is 17.6 Å². The smallest absolute Gasteiger partial charge is 0.335 e. The van der Waals surface area contributed by atoms with E-state index in [0.29, 0.717) is 6.42 Å². The minimum atomic E-state index is -1.29. The number of nitro groups is 1. The van der Waals surface area contributed by atoms with Gasteiger partial charge < -0.3 is 9.84 Å². The molecular formula is C11H11NO6. The van der Waals surface area contributed by atoms with E-state index in [-0.39, 0.29) is 17.7 Å². The third-order valence-electron chi connectivity index (χ3n) is 2.08. The van der Waals surface area contributed by atoms with E-state index in [9.17, 15) is 19.7 Å². The Morgan fingerprint density at radius 1 is 1.44 bits per heavy atom. The van der Waals surface area contributed by atoms with Crippen molar-refractivity contribution in [3.8, 4) is 5.75 Å². The van der Waals surface area contributed by atoms with E-state index in [2.05, 4.69) is 0 Å². The van der Waals surface area contributed by atoms with Crippen LogP contribution in [0.1, 0.15) is 30.1 Å². The molecule has 0 heterocycles. The SMILES string of the molecule is CCCC(=O)Oc1ccc(C(=O)O)cc1[N+](=O)[O-]. The highest BCUT2D eigenvalue weighted by Crippen LogP contribution is 2.28. The Bertz CT molecular complexity index is 496. The van der Waals surface area contributed by atoms with Crippen LogP contribution < -0.4 is 4.74 Å². The van der Waals surface area contributed by atoms with Gasteiger partial charge in [-0.3, -0.25) is 14.9 Å². The second-order valence-corrected chi connectivity index (χ2v) is 3.47. The Morgan fingerprint density at radius 2 is 2.11 bits per heavy atom. The topological polar surface area (TPSA) is 107 Å². The summed E-state index contributed by atoms with van der Waals surface area (Å²) in [7, 11) is 0. The van der Waals surface area contributed by atoms with Gasteiger partial charge in [-0.25, -0.2) is 4.79 Å². The average Bonchev–Trinajstić information content (AvgIpc) is 2.29. The summed E-state index contributed by atoms with van der Waals surface area (Å²) in [5, 5.41) is 19.5. The summed E-state index contributed by atoms with van der Waals surface area (Å²) in [5.74, 6) is -2.13. The molecule has 1 rings (SSSR count). The summed E-state index contributed by atoms with van der Waals surface area (Å²) in [6, 6.07) is 3.11. The minimum Gasteiger partial charge on any atom is -0.478 e. The molecule has 0 aliphatic carbocycles. The summed E-state index contributed by atoms with van der Waals surface area (Å²) >= 11 is 0. The molecular weight excluding hydrogens is 242 g/mol. The molecule has 0 amide bonds. The van der Waals surface area contributed by atoms with Crippen molar-refractivity contribution in [3.05, 3.63) is 33.9 Å². The van der Waals surface area contributed by atoms with Crippen LogP contribution in [0.15, 0.2) is 18.2 Å². The van der Waals surface area contributed by atoms with Gasteiger partial charge in [-0.05, 0) is 18.6 Å². The van der Waals surface area contributed by atoms with E-state index in [1.54, 1.807) is 6.92 Å². The normalized spacial score (nSPS) is 9.83. The van der Waals surface area contributed by atoms with Crippen LogP contribution in [-0.2, 0) is 4.79 Å². The van der Waals surface area contributed by atoms with Crippen LogP contribution in [0.25, 0.3) is 0 Å². The molecule has 96 valence electrons. The summed E-state index contributed by atoms with van der Waals surface area (Å²) in [5.41, 5.74) is -0.781. The second kappa shape index (κ2) is 5.76. The molecule has 0 fully saturated rings. The molecule has 7 heteroatoms. The predicted molar refractivity (Wildman–Crippen MR) is 60.6 cm³/mol. The Hall–Kier alpha value is -2.44. The highest BCUT2D eigenvalue weighted by molar-refractivity contribution is 5.89. The van der Waals surface area contributed by atoms with Crippen LogP contribution in [0.3, 0.4) is 0 Å². The van der Waals surface area contributed by atoms with Crippen LogP contribution in [0.4, 0.5) is 5.69 Å². The van der Waals surface area contributed by atoms with Crippen molar-refractivity contribution in [1.82, 2.24) is 0 Å². The fraction of sp³-hybridized carbons (Fsp3) is 0.273. The minimum absolute atomic E-state index is 0.137. The van der Waals surface area contributed by atoms with Gasteiger partial charge in [-0.2, -0.15) is 0 Å². The van der Waals surface area contributed by atoms with Crippen LogP contribution in [0, 0.1) is 10.1 Å². The van der Waals surface area contributed by atoms with Crippen molar-refractivity contribution in [2.75, 3.05) is 0 Å². The number of carbonyl (C=O) groups is 2. The molecule has 0 saturated carbocycles. The lowest BCUT2D eigenvalue weighted by molar-refractivity contribution is -0.385. The molecule has 0 aliphatic rings. The van der Waals surface area contributed by atoms with Gasteiger partial charge in [0.1, 0.15) is 0 Å². The number of aromatic carboxylic acids is 1. The number of carboxylic acids is 1. The summed E-state index contributed by atoms with van der Waals surface area (Å²) < 4.78 is 4.81. The molecule has 1 aromatic rings. The zero-order valence-corrected chi connectivity index (χ0v) is 9.58. The predicted octanol–water partition coefficient (Wildman–Crippen LogP) is 2.00. The number of nitro benzene ring substituents is 1. The lowest BCUT2D eigenvalue weighted by Gasteiger charge is -2.04. The van der Waals surface area contributed by atoms with Gasteiger partial charge in [0.05, 0.1) is 10.5 Å². The van der Waals surface area contributed by atoms with E-state index in [1.165, 1.54) is 0 Å². The fourth-order valence-corrected chi connectivity index (χ4v) is 1.26. The number of benzene rings is 1. The van der Waals surface area contributed by atoms with E-state index < -0.39 is 22.5 Å². The van der Waals surface area contributed by atoms with Crippen LogP contribution >= 0.6 is 0 Å². The number of hydrogen-bond donors (Lipinski definition) is 1. The Morgan fingerprint density at radius 3 is 2.61 bits per heavy atom. The fourth-order valence-electron chi connectivity index (χ4n) is 1.26. The number of rotatable bonds is 5. The molecule has 0 aliphatic heterocycles. The number of carbonyl (C=O) groups excluding carboxylic acids is 1. The molecule has 0 bridgehead atoms. The highest BCUT2D eigenvalue weighted by atomic mass is 16.6. The van der Waals surface area contributed by atoms with Crippen molar-refractivity contribution in [2.45, 2.75) is 19.8 Å². The maximum absolute atomic E-state index is 11.2. The zero-order chi connectivity index (χ0) is 13.7. The standard InChI is InChI=1S/C11H11NO6/c1-2-3-10(13)18-9-5-4-7(11(14)15)6-8(9)12(16)17/h4-6H,2-3H2,1H3,(H,14,15). The maximum atomic E-state index is 11.2. The zero-order valence-electron chi connectivity index (χ0n) is 9.58.